The van der Waals surface area contributed by atoms with Crippen molar-refractivity contribution in [3.63, 3.8) is 0 Å². The summed E-state index contributed by atoms with van der Waals surface area (Å²) in [6.07, 6.45) is 1.98. The van der Waals surface area contributed by atoms with Crippen LogP contribution in [0.2, 0.25) is 0 Å². The van der Waals surface area contributed by atoms with E-state index in [1.807, 2.05) is 30.5 Å². The van der Waals surface area contributed by atoms with Crippen LogP contribution < -0.4 is 10.3 Å². The number of nitrogens with zero attached hydrogens (tertiary/aromatic N) is 1. The molecule has 0 saturated heterocycles. The Labute approximate surface area is 115 Å². The van der Waals surface area contributed by atoms with Crippen LogP contribution in [0, 0.1) is 11.3 Å². The van der Waals surface area contributed by atoms with Crippen molar-refractivity contribution in [3.8, 4) is 23.1 Å². The predicted molar refractivity (Wildman–Crippen MR) is 75.5 cm³/mol. The Balaban J connectivity index is 2.56. The average molecular weight is 272 g/mol. The normalized spacial score (nSPS) is 9.95. The molecule has 0 bridgehead atoms. The van der Waals surface area contributed by atoms with Crippen molar-refractivity contribution >= 4 is 11.8 Å². The predicted octanol–water partition coefficient (Wildman–Crippen LogP) is 2.64. The molecule has 0 aliphatic rings. The van der Waals surface area contributed by atoms with Crippen LogP contribution in [0.5, 0.6) is 5.75 Å². The minimum Gasteiger partial charge on any atom is -0.496 e. The summed E-state index contributed by atoms with van der Waals surface area (Å²) in [6.45, 7) is 0. The van der Waals surface area contributed by atoms with Crippen LogP contribution in [-0.2, 0) is 0 Å². The van der Waals surface area contributed by atoms with Crippen LogP contribution in [0.1, 0.15) is 5.56 Å². The summed E-state index contributed by atoms with van der Waals surface area (Å²) in [5.41, 5.74) is 1.13. The highest BCUT2D eigenvalue weighted by atomic mass is 32.2. The number of pyridine rings is 1. The smallest absolute Gasteiger partial charge is 0.266 e. The van der Waals surface area contributed by atoms with Crippen LogP contribution in [0.3, 0.4) is 0 Å². The van der Waals surface area contributed by atoms with Crippen LogP contribution in [0.25, 0.3) is 11.3 Å². The second-order valence-electron chi connectivity index (χ2n) is 3.79. The molecule has 0 spiro atoms. The average Bonchev–Trinajstić information content (AvgIpc) is 2.46. The first-order valence-electron chi connectivity index (χ1n) is 5.55. The van der Waals surface area contributed by atoms with Gasteiger partial charge < -0.3 is 9.72 Å². The Hall–Kier alpha value is -2.19. The van der Waals surface area contributed by atoms with E-state index < -0.39 is 5.56 Å². The molecule has 0 amide bonds. The summed E-state index contributed by atoms with van der Waals surface area (Å²) in [5, 5.41) is 8.75. The van der Waals surface area contributed by atoms with Gasteiger partial charge in [-0.3, -0.25) is 4.79 Å². The fraction of sp³-hybridized carbons (Fsp3) is 0.143. The number of rotatable bonds is 3. The van der Waals surface area contributed by atoms with E-state index in [0.717, 1.165) is 10.5 Å². The van der Waals surface area contributed by atoms with Crippen molar-refractivity contribution in [2.45, 2.75) is 4.90 Å². The fourth-order valence-corrected chi connectivity index (χ4v) is 2.17. The number of nitriles is 1. The van der Waals surface area contributed by atoms with Crippen molar-refractivity contribution in [1.29, 1.82) is 5.26 Å². The number of hydrogen-bond acceptors (Lipinski definition) is 4. The Kier molecular flexibility index (Phi) is 3.93. The van der Waals surface area contributed by atoms with Crippen molar-refractivity contribution in [2.75, 3.05) is 13.4 Å². The second-order valence-corrected chi connectivity index (χ2v) is 4.67. The molecule has 4 nitrogen and oxygen atoms in total. The number of ether oxygens (including phenoxy) is 1. The van der Waals surface area contributed by atoms with Crippen molar-refractivity contribution in [2.24, 2.45) is 0 Å². The Morgan fingerprint density at radius 1 is 1.32 bits per heavy atom. The van der Waals surface area contributed by atoms with E-state index in [1.54, 1.807) is 24.9 Å². The Morgan fingerprint density at radius 2 is 2.11 bits per heavy atom. The molecule has 0 aliphatic carbocycles. The topological polar surface area (TPSA) is 65.9 Å². The van der Waals surface area contributed by atoms with Crippen LogP contribution in [0.15, 0.2) is 40.0 Å². The van der Waals surface area contributed by atoms with Gasteiger partial charge in [-0.05, 0) is 36.6 Å². The van der Waals surface area contributed by atoms with Gasteiger partial charge in [0, 0.05) is 10.5 Å². The highest BCUT2D eigenvalue weighted by Crippen LogP contribution is 2.31. The summed E-state index contributed by atoms with van der Waals surface area (Å²) < 4.78 is 5.34. The number of aromatic amines is 1. The first-order valence-corrected chi connectivity index (χ1v) is 6.78. The van der Waals surface area contributed by atoms with Gasteiger partial charge in [0.05, 0.1) is 12.8 Å². The van der Waals surface area contributed by atoms with Crippen molar-refractivity contribution in [1.82, 2.24) is 4.98 Å². The lowest BCUT2D eigenvalue weighted by Crippen LogP contribution is -2.10. The summed E-state index contributed by atoms with van der Waals surface area (Å²) in [6, 6.07) is 10.8. The van der Waals surface area contributed by atoms with E-state index >= 15 is 0 Å². The van der Waals surface area contributed by atoms with E-state index in [2.05, 4.69) is 4.98 Å². The van der Waals surface area contributed by atoms with Crippen molar-refractivity contribution in [3.05, 3.63) is 46.2 Å². The van der Waals surface area contributed by atoms with Crippen molar-refractivity contribution < 1.29 is 4.74 Å². The maximum Gasteiger partial charge on any atom is 0.266 e. The number of nitrogens with one attached hydrogen (secondary N) is 1. The molecule has 0 radical (unpaired) electrons. The van der Waals surface area contributed by atoms with E-state index in [0.29, 0.717) is 11.4 Å². The van der Waals surface area contributed by atoms with Gasteiger partial charge in [-0.1, -0.05) is 0 Å². The zero-order chi connectivity index (χ0) is 13.8. The molecule has 0 aliphatic heterocycles. The maximum atomic E-state index is 11.6. The summed E-state index contributed by atoms with van der Waals surface area (Å²) in [5.74, 6) is 0.687. The third-order valence-electron chi connectivity index (χ3n) is 2.73. The number of H-pyrrole nitrogens is 1. The highest BCUT2D eigenvalue weighted by Gasteiger charge is 2.09. The molecule has 19 heavy (non-hydrogen) atoms. The standard InChI is InChI=1S/C14H12N2O2S/c1-18-13-7-10(19-2)4-5-11(13)12-6-3-9(8-15)14(17)16-12/h3-7H,1-2H3,(H,16,17). The van der Waals surface area contributed by atoms with Crippen LogP contribution in [0.4, 0.5) is 0 Å². The monoisotopic (exact) mass is 272 g/mol. The van der Waals surface area contributed by atoms with E-state index in [9.17, 15) is 4.79 Å². The highest BCUT2D eigenvalue weighted by molar-refractivity contribution is 7.98. The minimum atomic E-state index is -0.393. The Morgan fingerprint density at radius 3 is 2.68 bits per heavy atom. The fourth-order valence-electron chi connectivity index (χ4n) is 1.74. The summed E-state index contributed by atoms with van der Waals surface area (Å²) in [7, 11) is 1.59. The molecular weight excluding hydrogens is 260 g/mol. The van der Waals surface area contributed by atoms with E-state index in [4.69, 9.17) is 10.00 Å². The molecule has 1 heterocycles. The van der Waals surface area contributed by atoms with Crippen LogP contribution >= 0.6 is 11.8 Å². The third-order valence-corrected chi connectivity index (χ3v) is 3.45. The van der Waals surface area contributed by atoms with Crippen LogP contribution in [-0.4, -0.2) is 18.3 Å². The lowest BCUT2D eigenvalue weighted by molar-refractivity contribution is 0.415. The maximum absolute atomic E-state index is 11.6. The van der Waals surface area contributed by atoms with Gasteiger partial charge in [-0.15, -0.1) is 11.8 Å². The number of methoxy groups -OCH3 is 1. The third kappa shape index (κ3) is 2.64. The number of benzene rings is 1. The molecule has 1 aromatic carbocycles. The molecule has 0 saturated carbocycles. The SMILES string of the molecule is COc1cc(SC)ccc1-c1ccc(C#N)c(=O)[nH]1. The molecule has 2 rings (SSSR count). The molecule has 96 valence electrons. The molecule has 5 heteroatoms. The lowest BCUT2D eigenvalue weighted by atomic mass is 10.1. The van der Waals surface area contributed by atoms with Gasteiger partial charge in [-0.25, -0.2) is 0 Å². The zero-order valence-electron chi connectivity index (χ0n) is 10.6. The molecule has 1 N–H and O–H groups in total. The quantitative estimate of drug-likeness (QED) is 0.872. The summed E-state index contributed by atoms with van der Waals surface area (Å²) in [4.78, 5) is 15.4. The molecular formula is C14H12N2O2S. The van der Waals surface area contributed by atoms with Gasteiger partial charge in [0.2, 0.25) is 0 Å². The number of thioether (sulfide) groups is 1. The van der Waals surface area contributed by atoms with E-state index in [-0.39, 0.29) is 5.56 Å². The molecule has 0 unspecified atom stereocenters. The zero-order valence-corrected chi connectivity index (χ0v) is 11.4. The number of hydrogen-bond donors (Lipinski definition) is 1. The summed E-state index contributed by atoms with van der Waals surface area (Å²) >= 11 is 1.62. The van der Waals surface area contributed by atoms with E-state index in [1.165, 1.54) is 6.07 Å². The largest absolute Gasteiger partial charge is 0.496 e. The molecule has 0 atom stereocenters. The minimum absolute atomic E-state index is 0.100. The molecule has 2 aromatic rings. The van der Waals surface area contributed by atoms with Gasteiger partial charge in [0.25, 0.3) is 5.56 Å². The Bertz CT molecular complexity index is 701. The molecule has 0 fully saturated rings. The van der Waals surface area contributed by atoms with Gasteiger partial charge in [0.1, 0.15) is 17.4 Å². The van der Waals surface area contributed by atoms with Gasteiger partial charge >= 0.3 is 0 Å². The first kappa shape index (κ1) is 13.2. The van der Waals surface area contributed by atoms with Gasteiger partial charge in [-0.2, -0.15) is 5.26 Å². The van der Waals surface area contributed by atoms with Gasteiger partial charge in [0.15, 0.2) is 0 Å². The second kappa shape index (κ2) is 5.63. The number of aromatic nitrogens is 1. The first-order chi connectivity index (χ1) is 9.19. The molecule has 1 aromatic heterocycles. The lowest BCUT2D eigenvalue weighted by Gasteiger charge is -2.10.